The van der Waals surface area contributed by atoms with E-state index in [0.717, 1.165) is 18.5 Å². The Labute approximate surface area is 182 Å². The summed E-state index contributed by atoms with van der Waals surface area (Å²) >= 11 is 0. The van der Waals surface area contributed by atoms with E-state index in [2.05, 4.69) is 20.3 Å². The van der Waals surface area contributed by atoms with Crippen molar-refractivity contribution in [2.75, 3.05) is 11.4 Å². The van der Waals surface area contributed by atoms with Crippen molar-refractivity contribution in [3.63, 3.8) is 0 Å². The van der Waals surface area contributed by atoms with Crippen LogP contribution >= 0.6 is 0 Å². The molecular weight excluding hydrogens is 413 g/mol. The van der Waals surface area contributed by atoms with Crippen molar-refractivity contribution in [2.45, 2.75) is 32.1 Å². The highest BCUT2D eigenvalue weighted by Crippen LogP contribution is 2.33. The zero-order chi connectivity index (χ0) is 22.2. The standard InChI is InChI=1S/C23H20FN5O3/c1-13(30)14-4-6-16(7-5-14)29-10-2-3-15(11-20(29)31)23-26-22(28-32-23)17-8-9-19(24)18-12-25-27-21(17)18/h4-9,12,15H,2-3,10-11H2,1H3,(H,25,27). The number of rotatable bonds is 4. The molecule has 32 heavy (non-hydrogen) atoms. The molecule has 0 spiro atoms. The minimum Gasteiger partial charge on any atom is -0.339 e. The van der Waals surface area contributed by atoms with Gasteiger partial charge < -0.3 is 9.42 Å². The molecule has 9 heteroatoms. The van der Waals surface area contributed by atoms with E-state index < -0.39 is 0 Å². The molecule has 162 valence electrons. The van der Waals surface area contributed by atoms with Gasteiger partial charge in [-0.2, -0.15) is 10.1 Å². The maximum atomic E-state index is 14.0. The Balaban J connectivity index is 1.37. The van der Waals surface area contributed by atoms with Crippen LogP contribution in [0.4, 0.5) is 10.1 Å². The van der Waals surface area contributed by atoms with E-state index in [1.54, 1.807) is 35.2 Å². The zero-order valence-corrected chi connectivity index (χ0v) is 17.3. The van der Waals surface area contributed by atoms with Crippen LogP contribution in [-0.4, -0.2) is 38.6 Å². The number of Topliss-reactive ketones (excluding diaryl/α,β-unsaturated/α-hetero) is 1. The molecule has 0 aliphatic carbocycles. The van der Waals surface area contributed by atoms with Gasteiger partial charge in [0.1, 0.15) is 5.82 Å². The Morgan fingerprint density at radius 3 is 2.81 bits per heavy atom. The number of hydrogen-bond donors (Lipinski definition) is 1. The minimum atomic E-state index is -0.382. The molecule has 1 saturated heterocycles. The van der Waals surface area contributed by atoms with Crippen molar-refractivity contribution in [2.24, 2.45) is 0 Å². The summed E-state index contributed by atoms with van der Waals surface area (Å²) in [5.74, 6) is 0.0665. The molecule has 3 heterocycles. The summed E-state index contributed by atoms with van der Waals surface area (Å²) in [4.78, 5) is 30.7. The summed E-state index contributed by atoms with van der Waals surface area (Å²) in [6, 6.07) is 9.98. The van der Waals surface area contributed by atoms with Crippen LogP contribution in [0, 0.1) is 5.82 Å². The highest BCUT2D eigenvalue weighted by Gasteiger charge is 2.29. The largest absolute Gasteiger partial charge is 0.339 e. The quantitative estimate of drug-likeness (QED) is 0.482. The maximum Gasteiger partial charge on any atom is 0.230 e. The number of carbonyl (C=O) groups excluding carboxylic acids is 2. The summed E-state index contributed by atoms with van der Waals surface area (Å²) in [5.41, 5.74) is 2.45. The fraction of sp³-hybridized carbons (Fsp3) is 0.261. The molecule has 5 rings (SSSR count). The number of nitrogens with one attached hydrogen (secondary N) is 1. The first-order valence-electron chi connectivity index (χ1n) is 10.4. The SMILES string of the molecule is CC(=O)c1ccc(N2CCCC(c3nc(-c4ccc(F)c5cn[nH]c45)no3)CC2=O)cc1. The van der Waals surface area contributed by atoms with Gasteiger partial charge in [0, 0.05) is 35.7 Å². The van der Waals surface area contributed by atoms with Crippen molar-refractivity contribution in [3.05, 3.63) is 59.9 Å². The molecule has 1 unspecified atom stereocenters. The van der Waals surface area contributed by atoms with Crippen LogP contribution in [0.25, 0.3) is 22.3 Å². The number of carbonyl (C=O) groups is 2. The molecule has 2 aromatic heterocycles. The van der Waals surface area contributed by atoms with E-state index in [4.69, 9.17) is 4.52 Å². The second-order valence-corrected chi connectivity index (χ2v) is 7.90. The van der Waals surface area contributed by atoms with Crippen LogP contribution in [-0.2, 0) is 4.79 Å². The van der Waals surface area contributed by atoms with Crippen LogP contribution in [0.2, 0.25) is 0 Å². The van der Waals surface area contributed by atoms with Crippen LogP contribution in [0.5, 0.6) is 0 Å². The van der Waals surface area contributed by atoms with Crippen molar-refractivity contribution in [1.82, 2.24) is 20.3 Å². The highest BCUT2D eigenvalue weighted by atomic mass is 19.1. The van der Waals surface area contributed by atoms with Crippen molar-refractivity contribution >= 4 is 28.3 Å². The first-order valence-corrected chi connectivity index (χ1v) is 10.4. The first kappa shape index (κ1) is 20.0. The van der Waals surface area contributed by atoms with E-state index in [1.807, 2.05) is 0 Å². The Morgan fingerprint density at radius 2 is 2.03 bits per heavy atom. The molecule has 0 radical (unpaired) electrons. The lowest BCUT2D eigenvalue weighted by molar-refractivity contribution is -0.118. The number of H-pyrrole nitrogens is 1. The number of ketones is 1. The smallest absolute Gasteiger partial charge is 0.230 e. The topological polar surface area (TPSA) is 105 Å². The Hall–Kier alpha value is -3.88. The van der Waals surface area contributed by atoms with E-state index >= 15 is 0 Å². The number of nitrogens with zero attached hydrogens (tertiary/aromatic N) is 4. The number of amides is 1. The van der Waals surface area contributed by atoms with Crippen LogP contribution in [0.3, 0.4) is 0 Å². The van der Waals surface area contributed by atoms with Gasteiger partial charge in [0.15, 0.2) is 5.78 Å². The van der Waals surface area contributed by atoms with Crippen LogP contribution < -0.4 is 4.90 Å². The average molecular weight is 433 g/mol. The second-order valence-electron chi connectivity index (χ2n) is 7.90. The zero-order valence-electron chi connectivity index (χ0n) is 17.3. The summed E-state index contributed by atoms with van der Waals surface area (Å²) in [5, 5.41) is 11.1. The van der Waals surface area contributed by atoms with Crippen molar-refractivity contribution in [1.29, 1.82) is 0 Å². The second kappa shape index (κ2) is 7.99. The lowest BCUT2D eigenvalue weighted by atomic mass is 10.0. The molecule has 1 aliphatic heterocycles. The summed E-state index contributed by atoms with van der Waals surface area (Å²) in [6.45, 7) is 2.08. The fourth-order valence-corrected chi connectivity index (χ4v) is 4.10. The van der Waals surface area contributed by atoms with Crippen molar-refractivity contribution in [3.8, 4) is 11.4 Å². The molecule has 2 aromatic carbocycles. The molecule has 1 aliphatic rings. The van der Waals surface area contributed by atoms with Crippen LogP contribution in [0.15, 0.2) is 47.1 Å². The monoisotopic (exact) mass is 433 g/mol. The predicted octanol–water partition coefficient (Wildman–Crippen LogP) is 4.26. The number of aromatic amines is 1. The third-order valence-electron chi connectivity index (χ3n) is 5.84. The number of aromatic nitrogens is 4. The first-order chi connectivity index (χ1) is 15.5. The molecule has 1 N–H and O–H groups in total. The van der Waals surface area contributed by atoms with Gasteiger partial charge >= 0.3 is 0 Å². The van der Waals surface area contributed by atoms with E-state index in [9.17, 15) is 14.0 Å². The van der Waals surface area contributed by atoms with Gasteiger partial charge in [-0.05, 0) is 56.2 Å². The number of hydrogen-bond acceptors (Lipinski definition) is 6. The predicted molar refractivity (Wildman–Crippen MR) is 115 cm³/mol. The highest BCUT2D eigenvalue weighted by molar-refractivity contribution is 5.97. The van der Waals surface area contributed by atoms with Gasteiger partial charge in [-0.15, -0.1) is 0 Å². The third-order valence-corrected chi connectivity index (χ3v) is 5.84. The third kappa shape index (κ3) is 3.55. The summed E-state index contributed by atoms with van der Waals surface area (Å²) in [7, 11) is 0. The normalized spacial score (nSPS) is 17.0. The Morgan fingerprint density at radius 1 is 1.22 bits per heavy atom. The lowest BCUT2D eigenvalue weighted by Crippen LogP contribution is -2.30. The number of fused-ring (bicyclic) bond motifs is 1. The van der Waals surface area contributed by atoms with Gasteiger partial charge in [0.05, 0.1) is 17.1 Å². The molecule has 1 atom stereocenters. The van der Waals surface area contributed by atoms with Gasteiger partial charge in [0.2, 0.25) is 17.6 Å². The molecular formula is C23H20FN5O3. The number of benzene rings is 2. The van der Waals surface area contributed by atoms with E-state index in [1.165, 1.54) is 19.2 Å². The minimum absolute atomic E-state index is 0.0143. The maximum absolute atomic E-state index is 14.0. The molecule has 1 fully saturated rings. The number of anilines is 1. The number of halogens is 1. The van der Waals surface area contributed by atoms with Gasteiger partial charge in [-0.1, -0.05) is 5.16 Å². The fourth-order valence-electron chi connectivity index (χ4n) is 4.10. The van der Waals surface area contributed by atoms with Gasteiger partial charge in [-0.3, -0.25) is 14.7 Å². The molecule has 0 bridgehead atoms. The summed E-state index contributed by atoms with van der Waals surface area (Å²) < 4.78 is 19.5. The Kier molecular flexibility index (Phi) is 5.01. The summed E-state index contributed by atoms with van der Waals surface area (Å²) in [6.07, 6.45) is 3.14. The van der Waals surface area contributed by atoms with Crippen LogP contribution in [0.1, 0.15) is 48.4 Å². The average Bonchev–Trinajstić information content (AvgIpc) is 3.43. The van der Waals surface area contributed by atoms with Gasteiger partial charge in [-0.25, -0.2) is 4.39 Å². The van der Waals surface area contributed by atoms with E-state index in [0.29, 0.717) is 40.3 Å². The Bertz CT molecular complexity index is 1310. The molecule has 1 amide bonds. The van der Waals surface area contributed by atoms with Crippen molar-refractivity contribution < 1.29 is 18.5 Å². The lowest BCUT2D eigenvalue weighted by Gasteiger charge is -2.20. The molecule has 0 saturated carbocycles. The molecule has 4 aromatic rings. The van der Waals surface area contributed by atoms with E-state index in [-0.39, 0.29) is 29.8 Å². The van der Waals surface area contributed by atoms with Gasteiger partial charge in [0.25, 0.3) is 0 Å². The molecule has 8 nitrogen and oxygen atoms in total.